The molecule has 0 amide bonds. The van der Waals surface area contributed by atoms with Gasteiger partial charge in [-0.25, -0.2) is 0 Å². The molecule has 3 heteroatoms. The Bertz CT molecular complexity index is 493. The van der Waals surface area contributed by atoms with Crippen LogP contribution in [0.15, 0.2) is 22.7 Å². The van der Waals surface area contributed by atoms with Crippen molar-refractivity contribution in [3.63, 3.8) is 0 Å². The lowest BCUT2D eigenvalue weighted by molar-refractivity contribution is 0.322. The zero-order chi connectivity index (χ0) is 9.97. The molecule has 2 aromatic rings. The Balaban J connectivity index is 2.43. The van der Waals surface area contributed by atoms with Gasteiger partial charge in [0.15, 0.2) is 12.2 Å². The van der Waals surface area contributed by atoms with Crippen molar-refractivity contribution in [2.45, 2.75) is 6.92 Å². The summed E-state index contributed by atoms with van der Waals surface area (Å²) in [7, 11) is 0. The quantitative estimate of drug-likeness (QED) is 0.676. The number of aryl methyl sites for hydroxylation is 1. The van der Waals surface area contributed by atoms with E-state index in [9.17, 15) is 0 Å². The Morgan fingerprint density at radius 2 is 2.43 bits per heavy atom. The summed E-state index contributed by atoms with van der Waals surface area (Å²) >= 11 is 0. The molecule has 0 unspecified atom stereocenters. The molecule has 0 atom stereocenters. The predicted molar refractivity (Wildman–Crippen MR) is 53.1 cm³/mol. The number of nitrogens with zero attached hydrogens (tertiary/aromatic N) is 1. The number of aromatic nitrogens is 1. The van der Waals surface area contributed by atoms with Gasteiger partial charge in [-0.05, 0) is 29.8 Å². The first kappa shape index (κ1) is 8.64. The van der Waals surface area contributed by atoms with Crippen molar-refractivity contribution in [3.05, 3.63) is 23.8 Å². The molecule has 0 aliphatic rings. The number of terminal acetylenes is 1. The van der Waals surface area contributed by atoms with Gasteiger partial charge in [-0.15, -0.1) is 6.42 Å². The summed E-state index contributed by atoms with van der Waals surface area (Å²) in [6.07, 6.45) is 5.08. The van der Waals surface area contributed by atoms with Crippen LogP contribution >= 0.6 is 0 Å². The highest BCUT2D eigenvalue weighted by Gasteiger charge is 2.07. The first-order chi connectivity index (χ1) is 6.81. The third kappa shape index (κ3) is 1.42. The molecule has 1 aromatic heterocycles. The largest absolute Gasteiger partial charge is 0.462 e. The fourth-order valence-electron chi connectivity index (χ4n) is 1.24. The van der Waals surface area contributed by atoms with Gasteiger partial charge in [-0.3, -0.25) is 0 Å². The second kappa shape index (κ2) is 3.43. The smallest absolute Gasteiger partial charge is 0.263 e. The summed E-state index contributed by atoms with van der Waals surface area (Å²) < 4.78 is 10.3. The van der Waals surface area contributed by atoms with Crippen LogP contribution in [0.5, 0.6) is 5.88 Å². The van der Waals surface area contributed by atoms with Gasteiger partial charge in [0.1, 0.15) is 0 Å². The van der Waals surface area contributed by atoms with E-state index in [2.05, 4.69) is 11.1 Å². The molecule has 0 saturated heterocycles. The molecule has 0 radical (unpaired) electrons. The predicted octanol–water partition coefficient (Wildman–Crippen LogP) is 2.15. The number of hydrogen-bond donors (Lipinski definition) is 0. The average Bonchev–Trinajstić information content (AvgIpc) is 2.57. The molecule has 14 heavy (non-hydrogen) atoms. The van der Waals surface area contributed by atoms with Crippen molar-refractivity contribution >= 4 is 11.0 Å². The zero-order valence-electron chi connectivity index (χ0n) is 7.78. The van der Waals surface area contributed by atoms with E-state index >= 15 is 0 Å². The van der Waals surface area contributed by atoms with Gasteiger partial charge in [0.05, 0.1) is 5.39 Å². The van der Waals surface area contributed by atoms with Gasteiger partial charge in [0, 0.05) is 0 Å². The Morgan fingerprint density at radius 1 is 1.57 bits per heavy atom. The molecule has 70 valence electrons. The third-order valence-corrected chi connectivity index (χ3v) is 1.89. The standard InChI is InChI=1S/C11H9NO2/c1-3-6-13-11-9-5-4-8(2)7-10(9)14-12-11/h1,4-5,7H,6H2,2H3. The maximum Gasteiger partial charge on any atom is 0.263 e. The minimum absolute atomic E-state index is 0.204. The second-order valence-corrected chi connectivity index (χ2v) is 2.98. The lowest BCUT2D eigenvalue weighted by atomic mass is 10.2. The maximum absolute atomic E-state index is 5.21. The van der Waals surface area contributed by atoms with Crippen LogP contribution in [0, 0.1) is 19.3 Å². The highest BCUT2D eigenvalue weighted by molar-refractivity contribution is 5.82. The number of ether oxygens (including phenoxy) is 1. The molecule has 0 N–H and O–H groups in total. The van der Waals surface area contributed by atoms with Crippen LogP contribution in [-0.2, 0) is 0 Å². The van der Waals surface area contributed by atoms with Crippen molar-refractivity contribution in [2.24, 2.45) is 0 Å². The molecule has 0 fully saturated rings. The summed E-state index contributed by atoms with van der Waals surface area (Å²) in [5.74, 6) is 2.83. The summed E-state index contributed by atoms with van der Waals surface area (Å²) in [4.78, 5) is 0. The Hall–Kier alpha value is -1.95. The number of benzene rings is 1. The molecular weight excluding hydrogens is 178 g/mol. The van der Waals surface area contributed by atoms with Gasteiger partial charge in [-0.1, -0.05) is 12.0 Å². The highest BCUT2D eigenvalue weighted by Crippen LogP contribution is 2.25. The van der Waals surface area contributed by atoms with Crippen molar-refractivity contribution in [1.29, 1.82) is 0 Å². The second-order valence-electron chi connectivity index (χ2n) is 2.98. The van der Waals surface area contributed by atoms with E-state index in [4.69, 9.17) is 15.7 Å². The molecule has 2 rings (SSSR count). The first-order valence-electron chi connectivity index (χ1n) is 4.23. The third-order valence-electron chi connectivity index (χ3n) is 1.89. The van der Waals surface area contributed by atoms with Crippen molar-refractivity contribution in [1.82, 2.24) is 5.16 Å². The van der Waals surface area contributed by atoms with Crippen molar-refractivity contribution < 1.29 is 9.26 Å². The Kier molecular flexibility index (Phi) is 2.11. The molecule has 0 saturated carbocycles. The van der Waals surface area contributed by atoms with E-state index < -0.39 is 0 Å². The minimum atomic E-state index is 0.204. The van der Waals surface area contributed by atoms with Crippen LogP contribution in [0.4, 0.5) is 0 Å². The van der Waals surface area contributed by atoms with E-state index in [1.165, 1.54) is 0 Å². The number of rotatable bonds is 2. The van der Waals surface area contributed by atoms with Crippen LogP contribution in [0.2, 0.25) is 0 Å². The van der Waals surface area contributed by atoms with E-state index in [0.717, 1.165) is 16.5 Å². The van der Waals surface area contributed by atoms with Crippen LogP contribution in [0.25, 0.3) is 11.0 Å². The monoisotopic (exact) mass is 187 g/mol. The van der Waals surface area contributed by atoms with Crippen LogP contribution in [-0.4, -0.2) is 11.8 Å². The number of hydrogen-bond acceptors (Lipinski definition) is 3. The van der Waals surface area contributed by atoms with E-state index in [1.807, 2.05) is 25.1 Å². The Morgan fingerprint density at radius 3 is 3.21 bits per heavy atom. The zero-order valence-corrected chi connectivity index (χ0v) is 7.78. The Labute approximate surface area is 81.7 Å². The van der Waals surface area contributed by atoms with E-state index in [0.29, 0.717) is 5.88 Å². The van der Waals surface area contributed by atoms with E-state index in [1.54, 1.807) is 0 Å². The summed E-state index contributed by atoms with van der Waals surface area (Å²) in [6.45, 7) is 2.19. The van der Waals surface area contributed by atoms with Crippen LogP contribution in [0.3, 0.4) is 0 Å². The van der Waals surface area contributed by atoms with E-state index in [-0.39, 0.29) is 6.61 Å². The molecular formula is C11H9NO2. The fourth-order valence-corrected chi connectivity index (χ4v) is 1.24. The molecule has 0 aliphatic carbocycles. The molecule has 1 heterocycles. The summed E-state index contributed by atoms with van der Waals surface area (Å²) in [6, 6.07) is 5.79. The first-order valence-corrected chi connectivity index (χ1v) is 4.23. The SMILES string of the molecule is C#CCOc1noc2cc(C)ccc12. The molecule has 1 aromatic carbocycles. The molecule has 0 bridgehead atoms. The average molecular weight is 187 g/mol. The fraction of sp³-hybridized carbons (Fsp3) is 0.182. The topological polar surface area (TPSA) is 35.3 Å². The van der Waals surface area contributed by atoms with Crippen LogP contribution in [0.1, 0.15) is 5.56 Å². The molecule has 3 nitrogen and oxygen atoms in total. The molecule has 0 spiro atoms. The lowest BCUT2D eigenvalue weighted by Gasteiger charge is -1.95. The van der Waals surface area contributed by atoms with Gasteiger partial charge < -0.3 is 9.26 Å². The van der Waals surface area contributed by atoms with Gasteiger partial charge in [0.2, 0.25) is 0 Å². The van der Waals surface area contributed by atoms with Gasteiger partial charge in [0.25, 0.3) is 5.88 Å². The van der Waals surface area contributed by atoms with Gasteiger partial charge in [-0.2, -0.15) is 0 Å². The highest BCUT2D eigenvalue weighted by atomic mass is 16.5. The summed E-state index contributed by atoms with van der Waals surface area (Å²) in [5, 5.41) is 4.63. The minimum Gasteiger partial charge on any atom is -0.462 e. The normalized spacial score (nSPS) is 10.0. The van der Waals surface area contributed by atoms with Crippen molar-refractivity contribution in [2.75, 3.05) is 6.61 Å². The lowest BCUT2D eigenvalue weighted by Crippen LogP contribution is -1.93. The maximum atomic E-state index is 5.21. The summed E-state index contributed by atoms with van der Waals surface area (Å²) in [5.41, 5.74) is 1.84. The number of fused-ring (bicyclic) bond motifs is 1. The van der Waals surface area contributed by atoms with Crippen LogP contribution < -0.4 is 4.74 Å². The van der Waals surface area contributed by atoms with Crippen molar-refractivity contribution in [3.8, 4) is 18.2 Å². The molecule has 0 aliphatic heterocycles. The van der Waals surface area contributed by atoms with Gasteiger partial charge >= 0.3 is 0 Å².